The summed E-state index contributed by atoms with van der Waals surface area (Å²) in [5.74, 6) is -0.438. The van der Waals surface area contributed by atoms with E-state index in [-0.39, 0.29) is 11.6 Å². The van der Waals surface area contributed by atoms with Crippen LogP contribution in [0.1, 0.15) is 13.3 Å². The van der Waals surface area contributed by atoms with E-state index < -0.39 is 0 Å². The predicted octanol–water partition coefficient (Wildman–Crippen LogP) is 5.59. The van der Waals surface area contributed by atoms with Crippen LogP contribution in [0.3, 0.4) is 0 Å². The van der Waals surface area contributed by atoms with Crippen LogP contribution < -0.4 is 0 Å². The normalized spacial score (nSPS) is 10.9. The molecule has 0 aromatic heterocycles. The van der Waals surface area contributed by atoms with E-state index in [1.165, 1.54) is 24.3 Å². The van der Waals surface area contributed by atoms with Crippen LogP contribution in [0.15, 0.2) is 58.3 Å². The first-order valence-electron chi connectivity index (χ1n) is 6.02. The van der Waals surface area contributed by atoms with Crippen molar-refractivity contribution in [2.75, 3.05) is 0 Å². The van der Waals surface area contributed by atoms with Gasteiger partial charge in [0.25, 0.3) is 0 Å². The van der Waals surface area contributed by atoms with Gasteiger partial charge in [0, 0.05) is 9.79 Å². The maximum absolute atomic E-state index is 12.8. The van der Waals surface area contributed by atoms with Gasteiger partial charge in [0.15, 0.2) is 0 Å². The molecule has 2 aromatic carbocycles. The van der Waals surface area contributed by atoms with Crippen molar-refractivity contribution >= 4 is 23.5 Å². The monoisotopic (exact) mass is 296 g/mol. The highest BCUT2D eigenvalue weighted by atomic mass is 32.2. The maximum Gasteiger partial charge on any atom is 0.123 e. The van der Waals surface area contributed by atoms with Crippen LogP contribution in [0, 0.1) is 11.6 Å². The molecule has 100 valence electrons. The first kappa shape index (κ1) is 14.4. The number of hydrogen-bond donors (Lipinski definition) is 0. The molecule has 0 aliphatic rings. The fourth-order valence-electron chi connectivity index (χ4n) is 1.52. The Morgan fingerprint density at radius 2 is 1.16 bits per heavy atom. The fourth-order valence-corrected chi connectivity index (χ4v) is 3.91. The maximum atomic E-state index is 12.8. The van der Waals surface area contributed by atoms with E-state index in [0.29, 0.717) is 4.58 Å². The third-order valence-electron chi connectivity index (χ3n) is 2.50. The molecule has 0 aliphatic carbocycles. The lowest BCUT2D eigenvalue weighted by Gasteiger charge is -2.14. The van der Waals surface area contributed by atoms with Gasteiger partial charge in [-0.3, -0.25) is 0 Å². The Morgan fingerprint density at radius 1 is 0.789 bits per heavy atom. The quantitative estimate of drug-likeness (QED) is 0.521. The van der Waals surface area contributed by atoms with Crippen molar-refractivity contribution < 1.29 is 8.78 Å². The molecule has 0 N–H and O–H groups in total. The van der Waals surface area contributed by atoms with Gasteiger partial charge in [-0.05, 0) is 55.0 Å². The second kappa shape index (κ2) is 6.96. The smallest absolute Gasteiger partial charge is 0.123 e. The van der Waals surface area contributed by atoms with Crippen molar-refractivity contribution in [2.45, 2.75) is 27.7 Å². The molecule has 0 aliphatic heterocycles. The summed E-state index contributed by atoms with van der Waals surface area (Å²) in [6.45, 7) is 2.11. The zero-order chi connectivity index (χ0) is 13.7. The van der Waals surface area contributed by atoms with Crippen molar-refractivity contribution in [3.05, 3.63) is 60.2 Å². The van der Waals surface area contributed by atoms with E-state index >= 15 is 0 Å². The lowest BCUT2D eigenvalue weighted by molar-refractivity contribution is 0.626. The molecule has 0 unspecified atom stereocenters. The molecular weight excluding hydrogens is 282 g/mol. The van der Waals surface area contributed by atoms with Crippen LogP contribution in [0.4, 0.5) is 8.78 Å². The van der Waals surface area contributed by atoms with Gasteiger partial charge in [-0.1, -0.05) is 6.92 Å². The van der Waals surface area contributed by atoms with E-state index in [1.807, 2.05) is 0 Å². The molecule has 0 saturated heterocycles. The molecule has 0 nitrogen and oxygen atoms in total. The van der Waals surface area contributed by atoms with Crippen LogP contribution in [0.5, 0.6) is 0 Å². The van der Waals surface area contributed by atoms with Gasteiger partial charge in [-0.15, -0.1) is 23.5 Å². The molecule has 4 heteroatoms. The molecule has 2 rings (SSSR count). The number of thioether (sulfide) groups is 2. The summed E-state index contributed by atoms with van der Waals surface area (Å²) in [6, 6.07) is 13.0. The molecular formula is C15H14F2S2. The van der Waals surface area contributed by atoms with Crippen LogP contribution in [0.25, 0.3) is 0 Å². The van der Waals surface area contributed by atoms with E-state index in [9.17, 15) is 8.78 Å². The fraction of sp³-hybridized carbons (Fsp3) is 0.200. The van der Waals surface area contributed by atoms with Gasteiger partial charge in [0.2, 0.25) is 0 Å². The van der Waals surface area contributed by atoms with Crippen LogP contribution in [-0.4, -0.2) is 4.58 Å². The SMILES string of the molecule is CCC(Sc1ccc(F)cc1)Sc1ccc(F)cc1. The molecule has 0 atom stereocenters. The zero-order valence-corrected chi connectivity index (χ0v) is 12.1. The predicted molar refractivity (Wildman–Crippen MR) is 78.6 cm³/mol. The number of rotatable bonds is 5. The van der Waals surface area contributed by atoms with Crippen LogP contribution in [-0.2, 0) is 0 Å². The molecule has 0 fully saturated rings. The Balaban J connectivity index is 2.00. The number of halogens is 2. The largest absolute Gasteiger partial charge is 0.207 e. The summed E-state index contributed by atoms with van der Waals surface area (Å²) in [7, 11) is 0. The molecule has 0 radical (unpaired) electrons. The standard InChI is InChI=1S/C15H14F2S2/c1-2-15(18-13-7-3-11(16)4-8-13)19-14-9-5-12(17)6-10-14/h3-10,15H,2H2,1H3. The summed E-state index contributed by atoms with van der Waals surface area (Å²) in [4.78, 5) is 2.09. The van der Waals surface area contributed by atoms with Gasteiger partial charge >= 0.3 is 0 Å². The Labute approximate surface area is 120 Å². The Bertz CT molecular complexity index is 461. The third-order valence-corrected chi connectivity index (χ3v) is 5.35. The lowest BCUT2D eigenvalue weighted by atomic mass is 10.4. The minimum Gasteiger partial charge on any atom is -0.207 e. The molecule has 0 heterocycles. The number of benzene rings is 2. The Hall–Kier alpha value is -1.00. The first-order chi connectivity index (χ1) is 9.17. The summed E-state index contributed by atoms with van der Waals surface area (Å²) in [5.41, 5.74) is 0. The summed E-state index contributed by atoms with van der Waals surface area (Å²) in [5, 5.41) is 0. The van der Waals surface area contributed by atoms with E-state index in [0.717, 1.165) is 16.2 Å². The van der Waals surface area contributed by atoms with Gasteiger partial charge in [-0.25, -0.2) is 8.78 Å². The molecule has 0 spiro atoms. The minimum atomic E-state index is -0.219. The zero-order valence-electron chi connectivity index (χ0n) is 10.5. The highest BCUT2D eigenvalue weighted by Crippen LogP contribution is 2.37. The summed E-state index contributed by atoms with van der Waals surface area (Å²) >= 11 is 3.40. The minimum absolute atomic E-state index is 0.219. The molecule has 19 heavy (non-hydrogen) atoms. The average molecular weight is 296 g/mol. The number of hydrogen-bond acceptors (Lipinski definition) is 2. The topological polar surface area (TPSA) is 0 Å². The molecule has 0 amide bonds. The first-order valence-corrected chi connectivity index (χ1v) is 7.78. The molecule has 2 aromatic rings. The Kier molecular flexibility index (Phi) is 5.28. The summed E-state index contributed by atoms with van der Waals surface area (Å²) in [6.07, 6.45) is 0.976. The van der Waals surface area contributed by atoms with Crippen molar-refractivity contribution in [1.29, 1.82) is 0 Å². The second-order valence-electron chi connectivity index (χ2n) is 3.98. The van der Waals surface area contributed by atoms with Gasteiger partial charge < -0.3 is 0 Å². The summed E-state index contributed by atoms with van der Waals surface area (Å²) < 4.78 is 26.0. The van der Waals surface area contributed by atoms with Crippen LogP contribution >= 0.6 is 23.5 Å². The van der Waals surface area contributed by atoms with Gasteiger partial charge in [0.05, 0.1) is 4.58 Å². The van der Waals surface area contributed by atoms with Crippen molar-refractivity contribution in [3.8, 4) is 0 Å². The Morgan fingerprint density at radius 3 is 1.47 bits per heavy atom. The highest BCUT2D eigenvalue weighted by molar-refractivity contribution is 8.17. The van der Waals surface area contributed by atoms with Crippen LogP contribution in [0.2, 0.25) is 0 Å². The lowest BCUT2D eigenvalue weighted by Crippen LogP contribution is -1.94. The van der Waals surface area contributed by atoms with Crippen molar-refractivity contribution in [3.63, 3.8) is 0 Å². The third kappa shape index (κ3) is 4.55. The van der Waals surface area contributed by atoms with Crippen molar-refractivity contribution in [1.82, 2.24) is 0 Å². The molecule has 0 saturated carbocycles. The van der Waals surface area contributed by atoms with E-state index in [4.69, 9.17) is 0 Å². The van der Waals surface area contributed by atoms with Gasteiger partial charge in [0.1, 0.15) is 11.6 Å². The second-order valence-corrected chi connectivity index (χ2v) is 6.83. The van der Waals surface area contributed by atoms with Gasteiger partial charge in [-0.2, -0.15) is 0 Å². The van der Waals surface area contributed by atoms with E-state index in [2.05, 4.69) is 6.92 Å². The van der Waals surface area contributed by atoms with E-state index in [1.54, 1.807) is 47.8 Å². The average Bonchev–Trinajstić information content (AvgIpc) is 2.43. The molecule has 0 bridgehead atoms. The van der Waals surface area contributed by atoms with Crippen molar-refractivity contribution in [2.24, 2.45) is 0 Å². The highest BCUT2D eigenvalue weighted by Gasteiger charge is 2.10.